The monoisotopic (exact) mass is 282 g/mol. The molecule has 2 rings (SSSR count). The standard InChI is InChI=1S/C16H14N2O3/c19-10-4-7-13-6-3-9-15(17-13)18-16(21)11-12-5-1-2-8-14(12)20/h1-3,5-6,8-9,19-20H,10-11H2,(H,17,18,21). The van der Waals surface area contributed by atoms with Gasteiger partial charge in [-0.2, -0.15) is 0 Å². The molecule has 1 aromatic carbocycles. The zero-order valence-electron chi connectivity index (χ0n) is 11.2. The van der Waals surface area contributed by atoms with Crippen molar-refractivity contribution in [1.82, 2.24) is 4.98 Å². The van der Waals surface area contributed by atoms with Gasteiger partial charge in [-0.15, -0.1) is 0 Å². The first kappa shape index (κ1) is 14.6. The number of carbonyl (C=O) groups is 1. The van der Waals surface area contributed by atoms with Crippen LogP contribution in [-0.2, 0) is 11.2 Å². The van der Waals surface area contributed by atoms with Gasteiger partial charge >= 0.3 is 0 Å². The molecule has 1 aromatic heterocycles. The van der Waals surface area contributed by atoms with E-state index in [1.54, 1.807) is 36.4 Å². The summed E-state index contributed by atoms with van der Waals surface area (Å²) in [5, 5.41) is 20.9. The van der Waals surface area contributed by atoms with Crippen LogP contribution >= 0.6 is 0 Å². The number of rotatable bonds is 3. The maximum absolute atomic E-state index is 11.9. The lowest BCUT2D eigenvalue weighted by molar-refractivity contribution is -0.115. The van der Waals surface area contributed by atoms with Crippen molar-refractivity contribution in [3.8, 4) is 17.6 Å². The predicted molar refractivity (Wildman–Crippen MR) is 78.6 cm³/mol. The number of aliphatic hydroxyl groups excluding tert-OH is 1. The summed E-state index contributed by atoms with van der Waals surface area (Å²) in [5.41, 5.74) is 1.01. The number of phenolic OH excluding ortho intramolecular Hbond substituents is 1. The van der Waals surface area contributed by atoms with E-state index < -0.39 is 0 Å². The van der Waals surface area contributed by atoms with Crippen molar-refractivity contribution in [2.45, 2.75) is 6.42 Å². The van der Waals surface area contributed by atoms with Crippen molar-refractivity contribution in [2.75, 3.05) is 11.9 Å². The number of phenols is 1. The third kappa shape index (κ3) is 4.34. The summed E-state index contributed by atoms with van der Waals surface area (Å²) in [5.74, 6) is 5.33. The molecule has 2 aromatic rings. The Morgan fingerprint density at radius 3 is 2.76 bits per heavy atom. The van der Waals surface area contributed by atoms with Crippen LogP contribution in [0.2, 0.25) is 0 Å². The van der Waals surface area contributed by atoms with E-state index in [2.05, 4.69) is 22.1 Å². The number of amides is 1. The van der Waals surface area contributed by atoms with Crippen LogP contribution in [0.3, 0.4) is 0 Å². The summed E-state index contributed by atoms with van der Waals surface area (Å²) < 4.78 is 0. The maximum Gasteiger partial charge on any atom is 0.230 e. The number of para-hydroxylation sites is 1. The van der Waals surface area contributed by atoms with Gasteiger partial charge in [0.2, 0.25) is 5.91 Å². The zero-order valence-corrected chi connectivity index (χ0v) is 11.2. The number of aromatic hydroxyl groups is 1. The summed E-state index contributed by atoms with van der Waals surface area (Å²) in [6.45, 7) is -0.244. The number of anilines is 1. The van der Waals surface area contributed by atoms with E-state index in [1.807, 2.05) is 0 Å². The topological polar surface area (TPSA) is 82.5 Å². The molecule has 0 aliphatic rings. The molecule has 0 saturated carbocycles. The van der Waals surface area contributed by atoms with E-state index in [0.717, 1.165) is 0 Å². The summed E-state index contributed by atoms with van der Waals surface area (Å²) in [6, 6.07) is 11.7. The Labute approximate surface area is 122 Å². The van der Waals surface area contributed by atoms with Gasteiger partial charge < -0.3 is 15.5 Å². The Hall–Kier alpha value is -2.84. The SMILES string of the molecule is O=C(Cc1ccccc1O)Nc1cccc(C#CCO)n1. The Balaban J connectivity index is 2.04. The van der Waals surface area contributed by atoms with Gasteiger partial charge in [0.25, 0.3) is 0 Å². The van der Waals surface area contributed by atoms with Crippen LogP contribution in [0.25, 0.3) is 0 Å². The van der Waals surface area contributed by atoms with Gasteiger partial charge in [0.15, 0.2) is 0 Å². The van der Waals surface area contributed by atoms with Crippen LogP contribution in [0.1, 0.15) is 11.3 Å². The molecule has 0 atom stereocenters. The van der Waals surface area contributed by atoms with Crippen LogP contribution < -0.4 is 5.32 Å². The highest BCUT2D eigenvalue weighted by atomic mass is 16.3. The normalized spacial score (nSPS) is 9.57. The Bertz CT molecular complexity index is 702. The summed E-state index contributed by atoms with van der Waals surface area (Å²) in [4.78, 5) is 16.1. The third-order valence-corrected chi connectivity index (χ3v) is 2.65. The average Bonchev–Trinajstić information content (AvgIpc) is 2.48. The number of nitrogens with one attached hydrogen (secondary N) is 1. The molecule has 1 amide bonds. The molecule has 0 bridgehead atoms. The third-order valence-electron chi connectivity index (χ3n) is 2.65. The highest BCUT2D eigenvalue weighted by Crippen LogP contribution is 2.16. The van der Waals surface area contributed by atoms with Crippen LogP contribution in [-0.4, -0.2) is 27.7 Å². The summed E-state index contributed by atoms with van der Waals surface area (Å²) in [7, 11) is 0. The van der Waals surface area contributed by atoms with Crippen LogP contribution in [0, 0.1) is 11.8 Å². The fraction of sp³-hybridized carbons (Fsp3) is 0.125. The fourth-order valence-electron chi connectivity index (χ4n) is 1.72. The Morgan fingerprint density at radius 2 is 2.00 bits per heavy atom. The minimum absolute atomic E-state index is 0.0564. The number of aliphatic hydroxyl groups is 1. The highest BCUT2D eigenvalue weighted by molar-refractivity contribution is 5.91. The minimum atomic E-state index is -0.281. The molecule has 5 nitrogen and oxygen atoms in total. The van der Waals surface area contributed by atoms with E-state index >= 15 is 0 Å². The fourth-order valence-corrected chi connectivity index (χ4v) is 1.72. The molecule has 0 unspecified atom stereocenters. The van der Waals surface area contributed by atoms with Gasteiger partial charge in [-0.25, -0.2) is 4.98 Å². The Morgan fingerprint density at radius 1 is 1.19 bits per heavy atom. The number of benzene rings is 1. The average molecular weight is 282 g/mol. The molecule has 21 heavy (non-hydrogen) atoms. The molecule has 1 heterocycles. The smallest absolute Gasteiger partial charge is 0.230 e. The number of hydrogen-bond acceptors (Lipinski definition) is 4. The molecule has 106 valence electrons. The number of pyridine rings is 1. The lowest BCUT2D eigenvalue weighted by atomic mass is 10.1. The van der Waals surface area contributed by atoms with E-state index in [9.17, 15) is 9.90 Å². The van der Waals surface area contributed by atoms with Gasteiger partial charge in [0.05, 0.1) is 6.42 Å². The van der Waals surface area contributed by atoms with Gasteiger partial charge in [-0.05, 0) is 24.1 Å². The molecule has 0 aliphatic heterocycles. The largest absolute Gasteiger partial charge is 0.508 e. The van der Waals surface area contributed by atoms with E-state index in [1.165, 1.54) is 6.07 Å². The van der Waals surface area contributed by atoms with Crippen molar-refractivity contribution in [3.63, 3.8) is 0 Å². The van der Waals surface area contributed by atoms with Crippen molar-refractivity contribution < 1.29 is 15.0 Å². The molecule has 0 radical (unpaired) electrons. The van der Waals surface area contributed by atoms with Gasteiger partial charge in [0, 0.05) is 5.56 Å². The molecule has 5 heteroatoms. The van der Waals surface area contributed by atoms with Gasteiger partial charge in [-0.1, -0.05) is 30.2 Å². The van der Waals surface area contributed by atoms with Crippen LogP contribution in [0.4, 0.5) is 5.82 Å². The molecule has 0 aliphatic carbocycles. The molecule has 0 saturated heterocycles. The second kappa shape index (κ2) is 7.08. The number of carbonyl (C=O) groups excluding carboxylic acids is 1. The van der Waals surface area contributed by atoms with Gasteiger partial charge in [0.1, 0.15) is 23.9 Å². The molecular weight excluding hydrogens is 268 g/mol. The van der Waals surface area contributed by atoms with Crippen molar-refractivity contribution in [3.05, 3.63) is 53.7 Å². The first-order chi connectivity index (χ1) is 10.2. The molecule has 0 spiro atoms. The first-order valence-corrected chi connectivity index (χ1v) is 6.32. The molecular formula is C16H14N2O3. The molecule has 3 N–H and O–H groups in total. The predicted octanol–water partition coefficient (Wildman–Crippen LogP) is 1.31. The second-order valence-corrected chi connectivity index (χ2v) is 4.22. The Kier molecular flexibility index (Phi) is 4.91. The van der Waals surface area contributed by atoms with E-state index in [-0.39, 0.29) is 24.7 Å². The zero-order chi connectivity index (χ0) is 15.1. The van der Waals surface area contributed by atoms with Gasteiger partial charge in [-0.3, -0.25) is 4.79 Å². The highest BCUT2D eigenvalue weighted by Gasteiger charge is 2.08. The van der Waals surface area contributed by atoms with Crippen LogP contribution in [0.5, 0.6) is 5.75 Å². The number of nitrogens with zero attached hydrogens (tertiary/aromatic N) is 1. The minimum Gasteiger partial charge on any atom is -0.508 e. The quantitative estimate of drug-likeness (QED) is 0.741. The lowest BCUT2D eigenvalue weighted by Crippen LogP contribution is -2.15. The second-order valence-electron chi connectivity index (χ2n) is 4.22. The first-order valence-electron chi connectivity index (χ1n) is 6.32. The number of hydrogen-bond donors (Lipinski definition) is 3. The van der Waals surface area contributed by atoms with E-state index in [0.29, 0.717) is 17.1 Å². The van der Waals surface area contributed by atoms with E-state index in [4.69, 9.17) is 5.11 Å². The molecule has 0 fully saturated rings. The van der Waals surface area contributed by atoms with Crippen LogP contribution in [0.15, 0.2) is 42.5 Å². The maximum atomic E-state index is 11.9. The van der Waals surface area contributed by atoms with Crippen molar-refractivity contribution in [2.24, 2.45) is 0 Å². The van der Waals surface area contributed by atoms with Crippen molar-refractivity contribution in [1.29, 1.82) is 0 Å². The lowest BCUT2D eigenvalue weighted by Gasteiger charge is -2.06. The summed E-state index contributed by atoms with van der Waals surface area (Å²) >= 11 is 0. The summed E-state index contributed by atoms with van der Waals surface area (Å²) in [6.07, 6.45) is 0.0564. The number of aromatic nitrogens is 1. The van der Waals surface area contributed by atoms with Crippen molar-refractivity contribution >= 4 is 11.7 Å².